The number of nitrogens with one attached hydrogen (secondary N) is 1. The number of allylic oxidation sites excluding steroid dienone is 2. The van der Waals surface area contributed by atoms with Crippen LogP contribution in [0.4, 0.5) is 0 Å². The molecule has 0 spiro atoms. The van der Waals surface area contributed by atoms with Crippen LogP contribution >= 0.6 is 0 Å². The summed E-state index contributed by atoms with van der Waals surface area (Å²) in [6.45, 7) is 8.44. The fraction of sp³-hybridized carbons (Fsp3) is 0.625. The van der Waals surface area contributed by atoms with Crippen LogP contribution in [0.3, 0.4) is 0 Å². The van der Waals surface area contributed by atoms with E-state index in [0.717, 1.165) is 24.8 Å². The molecule has 0 bridgehead atoms. The van der Waals surface area contributed by atoms with Crippen LogP contribution in [-0.2, 0) is 35.1 Å². The van der Waals surface area contributed by atoms with E-state index in [1.54, 1.807) is 39.0 Å². The van der Waals surface area contributed by atoms with Crippen molar-refractivity contribution in [2.24, 2.45) is 11.8 Å². The SMILES string of the molecule is Cc1cc(CC(NC(=O)C(C)CC(=O)CN2CCOCC2)C(=O)CC(CC2=CCCC2)C(=O)C2(C)CO2)ccc1O. The fourth-order valence-electron chi connectivity index (χ4n) is 5.71. The molecule has 1 amide bonds. The third kappa shape index (κ3) is 8.80. The average Bonchev–Trinajstić information content (AvgIpc) is 3.48. The summed E-state index contributed by atoms with van der Waals surface area (Å²) in [5, 5.41) is 12.9. The van der Waals surface area contributed by atoms with Gasteiger partial charge in [-0.2, -0.15) is 0 Å². The van der Waals surface area contributed by atoms with Crippen LogP contribution < -0.4 is 5.32 Å². The Labute approximate surface area is 242 Å². The maximum absolute atomic E-state index is 13.8. The topological polar surface area (TPSA) is 126 Å². The van der Waals surface area contributed by atoms with Crippen molar-refractivity contribution in [2.75, 3.05) is 39.5 Å². The summed E-state index contributed by atoms with van der Waals surface area (Å²) in [4.78, 5) is 55.2. The molecule has 2 aliphatic heterocycles. The molecular weight excluding hydrogens is 524 g/mol. The van der Waals surface area contributed by atoms with Gasteiger partial charge in [-0.1, -0.05) is 30.7 Å². The highest BCUT2D eigenvalue weighted by Crippen LogP contribution is 2.35. The Kier molecular flexibility index (Phi) is 10.5. The summed E-state index contributed by atoms with van der Waals surface area (Å²) < 4.78 is 10.8. The Morgan fingerprint density at radius 2 is 1.85 bits per heavy atom. The largest absolute Gasteiger partial charge is 0.508 e. The normalized spacial score (nSPS) is 22.9. The van der Waals surface area contributed by atoms with E-state index in [1.807, 2.05) is 4.90 Å². The van der Waals surface area contributed by atoms with E-state index in [4.69, 9.17) is 9.47 Å². The quantitative estimate of drug-likeness (QED) is 0.244. The summed E-state index contributed by atoms with van der Waals surface area (Å²) in [7, 11) is 0. The highest BCUT2D eigenvalue weighted by Gasteiger charge is 2.50. The van der Waals surface area contributed by atoms with Crippen LogP contribution in [-0.4, -0.2) is 84.4 Å². The van der Waals surface area contributed by atoms with Gasteiger partial charge in [0, 0.05) is 37.8 Å². The van der Waals surface area contributed by atoms with Gasteiger partial charge in [0.05, 0.1) is 32.4 Å². The second kappa shape index (κ2) is 13.9. The summed E-state index contributed by atoms with van der Waals surface area (Å²) in [5.74, 6) is -1.66. The van der Waals surface area contributed by atoms with Crippen molar-refractivity contribution in [2.45, 2.75) is 77.4 Å². The third-order valence-electron chi connectivity index (χ3n) is 8.45. The van der Waals surface area contributed by atoms with Gasteiger partial charge in [-0.05, 0) is 63.1 Å². The number of ether oxygens (including phenoxy) is 2. The standard InChI is InChI=1S/C32H44N2O7/c1-21-14-24(8-9-28(21)36)17-27(33-31(39)22(2)15-26(35)19-34-10-12-40-13-11-34)29(37)18-25(16-23-6-4-5-7-23)30(38)32(3)20-41-32/h6,8-9,14,22,25,27,36H,4-5,7,10-13,15-20H2,1-3H3,(H,33,39). The van der Waals surface area contributed by atoms with Gasteiger partial charge in [0.1, 0.15) is 17.1 Å². The van der Waals surface area contributed by atoms with Crippen molar-refractivity contribution in [3.63, 3.8) is 0 Å². The first-order valence-electron chi connectivity index (χ1n) is 14.8. The molecule has 1 aromatic rings. The number of morpholine rings is 1. The number of epoxide rings is 1. The van der Waals surface area contributed by atoms with Gasteiger partial charge in [0.25, 0.3) is 0 Å². The molecule has 224 valence electrons. The first kappa shape index (κ1) is 31.1. The predicted molar refractivity (Wildman–Crippen MR) is 154 cm³/mol. The number of Topliss-reactive ketones (excluding diaryl/α,β-unsaturated/α-hetero) is 3. The zero-order valence-electron chi connectivity index (χ0n) is 24.6. The Balaban J connectivity index is 1.45. The molecule has 4 rings (SSSR count). The van der Waals surface area contributed by atoms with Crippen molar-refractivity contribution < 1.29 is 33.8 Å². The van der Waals surface area contributed by atoms with Gasteiger partial charge >= 0.3 is 0 Å². The lowest BCUT2D eigenvalue weighted by Gasteiger charge is -2.26. The number of ketones is 3. The van der Waals surface area contributed by atoms with Crippen LogP contribution in [0, 0.1) is 18.8 Å². The van der Waals surface area contributed by atoms with Crippen molar-refractivity contribution in [1.82, 2.24) is 10.2 Å². The van der Waals surface area contributed by atoms with Crippen LogP contribution in [0.5, 0.6) is 5.75 Å². The minimum atomic E-state index is -0.871. The Hall–Kier alpha value is -2.88. The van der Waals surface area contributed by atoms with Gasteiger partial charge < -0.3 is 19.9 Å². The lowest BCUT2D eigenvalue weighted by Crippen LogP contribution is -2.46. The molecule has 9 nitrogen and oxygen atoms in total. The van der Waals surface area contributed by atoms with Gasteiger partial charge in [0.2, 0.25) is 5.91 Å². The molecule has 2 heterocycles. The second-order valence-corrected chi connectivity index (χ2v) is 12.1. The molecular formula is C32H44N2O7. The highest BCUT2D eigenvalue weighted by molar-refractivity contribution is 5.97. The number of phenolic OH excluding ortho intramolecular Hbond substituents is 1. The van der Waals surface area contributed by atoms with Gasteiger partial charge in [-0.25, -0.2) is 0 Å². The average molecular weight is 569 g/mol. The molecule has 4 atom stereocenters. The number of nitrogens with zero attached hydrogens (tertiary/aromatic N) is 1. The second-order valence-electron chi connectivity index (χ2n) is 12.1. The maximum Gasteiger partial charge on any atom is 0.223 e. The van der Waals surface area contributed by atoms with E-state index in [2.05, 4.69) is 11.4 Å². The first-order valence-corrected chi connectivity index (χ1v) is 14.8. The highest BCUT2D eigenvalue weighted by atomic mass is 16.6. The molecule has 4 unspecified atom stereocenters. The molecule has 0 aromatic heterocycles. The fourth-order valence-corrected chi connectivity index (χ4v) is 5.71. The molecule has 2 fully saturated rings. The van der Waals surface area contributed by atoms with Crippen LogP contribution in [0.25, 0.3) is 0 Å². The molecule has 0 radical (unpaired) electrons. The summed E-state index contributed by atoms with van der Waals surface area (Å²) >= 11 is 0. The van der Waals surface area contributed by atoms with Crippen molar-refractivity contribution in [3.8, 4) is 5.75 Å². The zero-order valence-corrected chi connectivity index (χ0v) is 24.6. The van der Waals surface area contributed by atoms with Gasteiger partial charge in [0.15, 0.2) is 11.6 Å². The molecule has 2 N–H and O–H groups in total. The molecule has 9 heteroatoms. The van der Waals surface area contributed by atoms with Crippen molar-refractivity contribution >= 4 is 23.3 Å². The van der Waals surface area contributed by atoms with Gasteiger partial charge in [-0.15, -0.1) is 0 Å². The van der Waals surface area contributed by atoms with Crippen molar-refractivity contribution in [3.05, 3.63) is 41.0 Å². The number of hydrogen-bond donors (Lipinski definition) is 2. The molecule has 3 aliphatic rings. The molecule has 1 aromatic carbocycles. The number of benzene rings is 1. The third-order valence-corrected chi connectivity index (χ3v) is 8.45. The van der Waals surface area contributed by atoms with Crippen LogP contribution in [0.2, 0.25) is 0 Å². The number of amides is 1. The minimum Gasteiger partial charge on any atom is -0.508 e. The van der Waals surface area contributed by atoms with E-state index >= 15 is 0 Å². The number of hydrogen-bond acceptors (Lipinski definition) is 8. The molecule has 41 heavy (non-hydrogen) atoms. The summed E-state index contributed by atoms with van der Waals surface area (Å²) in [6, 6.07) is 4.23. The lowest BCUT2D eigenvalue weighted by atomic mass is 9.83. The first-order chi connectivity index (χ1) is 19.5. The van der Waals surface area contributed by atoms with Crippen LogP contribution in [0.15, 0.2) is 29.8 Å². The number of aromatic hydroxyl groups is 1. The van der Waals surface area contributed by atoms with E-state index < -0.39 is 23.5 Å². The Bertz CT molecular complexity index is 1170. The molecule has 1 aliphatic carbocycles. The Morgan fingerprint density at radius 3 is 2.49 bits per heavy atom. The van der Waals surface area contributed by atoms with E-state index in [-0.39, 0.29) is 54.8 Å². The smallest absolute Gasteiger partial charge is 0.223 e. The van der Waals surface area contributed by atoms with Gasteiger partial charge in [-0.3, -0.25) is 24.1 Å². The van der Waals surface area contributed by atoms with E-state index in [1.165, 1.54) is 5.57 Å². The minimum absolute atomic E-state index is 0.00147. The van der Waals surface area contributed by atoms with E-state index in [9.17, 15) is 24.3 Å². The van der Waals surface area contributed by atoms with Crippen molar-refractivity contribution in [1.29, 1.82) is 0 Å². The lowest BCUT2D eigenvalue weighted by molar-refractivity contribution is -0.134. The summed E-state index contributed by atoms with van der Waals surface area (Å²) in [6.07, 6.45) is 5.95. The maximum atomic E-state index is 13.8. The number of carbonyl (C=O) groups is 4. The monoisotopic (exact) mass is 568 g/mol. The molecule has 0 saturated carbocycles. The number of carbonyl (C=O) groups excluding carboxylic acids is 4. The summed E-state index contributed by atoms with van der Waals surface area (Å²) in [5.41, 5.74) is 1.81. The molecule has 2 saturated heterocycles. The number of phenols is 1. The number of rotatable bonds is 15. The van der Waals surface area contributed by atoms with Crippen LogP contribution in [0.1, 0.15) is 63.5 Å². The predicted octanol–water partition coefficient (Wildman–Crippen LogP) is 3.09. The number of aryl methyl sites for hydroxylation is 1. The Morgan fingerprint density at radius 1 is 1.12 bits per heavy atom. The zero-order chi connectivity index (χ0) is 29.6. The van der Waals surface area contributed by atoms with E-state index in [0.29, 0.717) is 44.9 Å².